The minimum absolute atomic E-state index is 0.0430. The number of carbonyl (C=O) groups excluding carboxylic acids is 2. The number of nitrogens with one attached hydrogen (secondary N) is 1. The van der Waals surface area contributed by atoms with Crippen LogP contribution in [0.2, 0.25) is 0 Å². The molecule has 0 aliphatic heterocycles. The smallest absolute Gasteiger partial charge is 0.219 e. The second-order valence-corrected chi connectivity index (χ2v) is 5.08. The zero-order valence-electron chi connectivity index (χ0n) is 12.2. The van der Waals surface area contributed by atoms with Crippen molar-refractivity contribution in [2.45, 2.75) is 65.4 Å². The largest absolute Gasteiger partial charge is 0.368 e. The van der Waals surface area contributed by atoms with Crippen molar-refractivity contribution in [2.75, 3.05) is 13.2 Å². The predicted molar refractivity (Wildman–Crippen MR) is 72.5 cm³/mol. The third-order valence-electron chi connectivity index (χ3n) is 2.93. The van der Waals surface area contributed by atoms with Gasteiger partial charge in [-0.3, -0.25) is 9.59 Å². The third-order valence-corrected chi connectivity index (χ3v) is 2.93. The molecule has 0 heterocycles. The molecule has 0 rings (SSSR count). The lowest BCUT2D eigenvalue weighted by Gasteiger charge is -2.21. The fourth-order valence-corrected chi connectivity index (χ4v) is 1.35. The van der Waals surface area contributed by atoms with E-state index in [0.717, 1.165) is 32.2 Å². The van der Waals surface area contributed by atoms with Gasteiger partial charge in [0.1, 0.15) is 5.60 Å². The zero-order chi connectivity index (χ0) is 14.0. The lowest BCUT2D eigenvalue weighted by atomic mass is 10.1. The Morgan fingerprint density at radius 1 is 1.17 bits per heavy atom. The minimum Gasteiger partial charge on any atom is -0.368 e. The van der Waals surface area contributed by atoms with Crippen LogP contribution in [-0.2, 0) is 14.3 Å². The standard InChI is InChI=1S/C14H27NO3/c1-5-10-15-13(17)9-7-6-8-11-18-14(3,4)12(2)16/h5-11H2,1-4H3,(H,15,17). The molecule has 0 saturated heterocycles. The summed E-state index contributed by atoms with van der Waals surface area (Å²) >= 11 is 0. The van der Waals surface area contributed by atoms with Crippen LogP contribution in [0.15, 0.2) is 0 Å². The number of amides is 1. The molecule has 0 radical (unpaired) electrons. The number of unbranched alkanes of at least 4 members (excludes halogenated alkanes) is 2. The topological polar surface area (TPSA) is 55.4 Å². The van der Waals surface area contributed by atoms with Gasteiger partial charge in [-0.25, -0.2) is 0 Å². The van der Waals surface area contributed by atoms with Crippen LogP contribution in [0.3, 0.4) is 0 Å². The van der Waals surface area contributed by atoms with E-state index >= 15 is 0 Å². The van der Waals surface area contributed by atoms with Gasteiger partial charge in [-0.05, 0) is 40.0 Å². The Labute approximate surface area is 110 Å². The monoisotopic (exact) mass is 257 g/mol. The minimum atomic E-state index is -0.682. The van der Waals surface area contributed by atoms with Crippen molar-refractivity contribution in [1.29, 1.82) is 0 Å². The molecule has 106 valence electrons. The summed E-state index contributed by atoms with van der Waals surface area (Å²) < 4.78 is 5.51. The lowest BCUT2D eigenvalue weighted by molar-refractivity contribution is -0.138. The molecular weight excluding hydrogens is 230 g/mol. The molecule has 0 saturated carbocycles. The summed E-state index contributed by atoms with van der Waals surface area (Å²) in [4.78, 5) is 22.5. The Balaban J connectivity index is 3.47. The van der Waals surface area contributed by atoms with Gasteiger partial charge in [0.2, 0.25) is 5.91 Å². The van der Waals surface area contributed by atoms with Gasteiger partial charge in [0, 0.05) is 19.6 Å². The average molecular weight is 257 g/mol. The van der Waals surface area contributed by atoms with Crippen molar-refractivity contribution in [2.24, 2.45) is 0 Å². The fourth-order valence-electron chi connectivity index (χ4n) is 1.35. The van der Waals surface area contributed by atoms with E-state index in [1.165, 1.54) is 6.92 Å². The molecule has 1 N–H and O–H groups in total. The maximum Gasteiger partial charge on any atom is 0.219 e. The first-order valence-electron chi connectivity index (χ1n) is 6.82. The summed E-state index contributed by atoms with van der Waals surface area (Å²) in [6, 6.07) is 0. The predicted octanol–water partition coefficient (Wildman–Crippen LogP) is 2.46. The molecule has 0 fully saturated rings. The van der Waals surface area contributed by atoms with Crippen LogP contribution >= 0.6 is 0 Å². The van der Waals surface area contributed by atoms with Gasteiger partial charge < -0.3 is 10.1 Å². The van der Waals surface area contributed by atoms with Gasteiger partial charge >= 0.3 is 0 Å². The first-order chi connectivity index (χ1) is 8.40. The number of carbonyl (C=O) groups is 2. The summed E-state index contributed by atoms with van der Waals surface area (Å²) in [6.07, 6.45) is 4.26. The average Bonchev–Trinajstić information content (AvgIpc) is 2.30. The highest BCUT2D eigenvalue weighted by molar-refractivity contribution is 5.83. The van der Waals surface area contributed by atoms with Crippen LogP contribution in [0.4, 0.5) is 0 Å². The van der Waals surface area contributed by atoms with E-state index < -0.39 is 5.60 Å². The van der Waals surface area contributed by atoms with Crippen molar-refractivity contribution in [3.05, 3.63) is 0 Å². The van der Waals surface area contributed by atoms with Crippen molar-refractivity contribution in [1.82, 2.24) is 5.32 Å². The maximum absolute atomic E-state index is 11.3. The Morgan fingerprint density at radius 2 is 1.83 bits per heavy atom. The quantitative estimate of drug-likeness (QED) is 0.612. The van der Waals surface area contributed by atoms with E-state index in [1.54, 1.807) is 13.8 Å². The maximum atomic E-state index is 11.3. The summed E-state index contributed by atoms with van der Waals surface area (Å²) in [5.74, 6) is 0.170. The van der Waals surface area contributed by atoms with E-state index in [9.17, 15) is 9.59 Å². The highest BCUT2D eigenvalue weighted by atomic mass is 16.5. The number of ketones is 1. The number of rotatable bonds is 10. The highest BCUT2D eigenvalue weighted by Crippen LogP contribution is 2.11. The van der Waals surface area contributed by atoms with E-state index in [-0.39, 0.29) is 11.7 Å². The molecule has 0 aromatic rings. The summed E-state index contributed by atoms with van der Waals surface area (Å²) in [6.45, 7) is 8.48. The third kappa shape index (κ3) is 8.23. The van der Waals surface area contributed by atoms with Crippen molar-refractivity contribution >= 4 is 11.7 Å². The molecule has 0 aromatic carbocycles. The SMILES string of the molecule is CCCNC(=O)CCCCCOC(C)(C)C(C)=O. The number of Topliss-reactive ketones (excluding diaryl/α,β-unsaturated/α-hetero) is 1. The highest BCUT2D eigenvalue weighted by Gasteiger charge is 2.23. The fraction of sp³-hybridized carbons (Fsp3) is 0.857. The van der Waals surface area contributed by atoms with Crippen LogP contribution in [0.25, 0.3) is 0 Å². The Bertz CT molecular complexity index is 262. The summed E-state index contributed by atoms with van der Waals surface area (Å²) in [5, 5.41) is 2.85. The molecule has 18 heavy (non-hydrogen) atoms. The molecule has 4 heteroatoms. The van der Waals surface area contributed by atoms with Crippen LogP contribution in [0.5, 0.6) is 0 Å². The van der Waals surface area contributed by atoms with Crippen molar-refractivity contribution in [3.8, 4) is 0 Å². The number of hydrogen-bond acceptors (Lipinski definition) is 3. The van der Waals surface area contributed by atoms with Crippen molar-refractivity contribution < 1.29 is 14.3 Å². The zero-order valence-corrected chi connectivity index (χ0v) is 12.2. The number of ether oxygens (including phenoxy) is 1. The molecule has 0 aliphatic rings. The van der Waals surface area contributed by atoms with Crippen LogP contribution in [-0.4, -0.2) is 30.4 Å². The Kier molecular flexibility index (Phi) is 8.63. The molecule has 0 atom stereocenters. The Hall–Kier alpha value is -0.900. The van der Waals surface area contributed by atoms with Crippen LogP contribution < -0.4 is 5.32 Å². The second kappa shape index (κ2) is 9.09. The lowest BCUT2D eigenvalue weighted by Crippen LogP contribution is -2.33. The van der Waals surface area contributed by atoms with Gasteiger partial charge in [0.15, 0.2) is 5.78 Å². The molecule has 0 unspecified atom stereocenters. The van der Waals surface area contributed by atoms with Gasteiger partial charge in [0.25, 0.3) is 0 Å². The normalized spacial score (nSPS) is 11.3. The molecule has 0 aliphatic carbocycles. The second-order valence-electron chi connectivity index (χ2n) is 5.08. The first-order valence-corrected chi connectivity index (χ1v) is 6.82. The first kappa shape index (κ1) is 17.1. The van der Waals surface area contributed by atoms with Gasteiger partial charge in [0.05, 0.1) is 0 Å². The molecule has 0 spiro atoms. The Morgan fingerprint density at radius 3 is 2.39 bits per heavy atom. The molecule has 0 aromatic heterocycles. The van der Waals surface area contributed by atoms with Crippen molar-refractivity contribution in [3.63, 3.8) is 0 Å². The number of hydrogen-bond donors (Lipinski definition) is 1. The summed E-state index contributed by atoms with van der Waals surface area (Å²) in [5.41, 5.74) is -0.682. The van der Waals surface area contributed by atoms with E-state index in [1.807, 2.05) is 6.92 Å². The molecule has 1 amide bonds. The van der Waals surface area contributed by atoms with Gasteiger partial charge in [-0.1, -0.05) is 13.3 Å². The van der Waals surface area contributed by atoms with Crippen LogP contribution in [0.1, 0.15) is 59.8 Å². The van der Waals surface area contributed by atoms with E-state index in [2.05, 4.69) is 5.32 Å². The van der Waals surface area contributed by atoms with E-state index in [0.29, 0.717) is 13.0 Å². The van der Waals surface area contributed by atoms with Gasteiger partial charge in [-0.15, -0.1) is 0 Å². The molecule has 0 bridgehead atoms. The molecular formula is C14H27NO3. The summed E-state index contributed by atoms with van der Waals surface area (Å²) in [7, 11) is 0. The van der Waals surface area contributed by atoms with Gasteiger partial charge in [-0.2, -0.15) is 0 Å². The van der Waals surface area contributed by atoms with Crippen LogP contribution in [0, 0.1) is 0 Å². The van der Waals surface area contributed by atoms with E-state index in [4.69, 9.17) is 4.74 Å². The molecule has 4 nitrogen and oxygen atoms in total.